The van der Waals surface area contributed by atoms with E-state index >= 15 is 0 Å². The number of fused-ring (bicyclic) bond motifs is 3. The van der Waals surface area contributed by atoms with E-state index < -0.39 is 0 Å². The van der Waals surface area contributed by atoms with Crippen molar-refractivity contribution in [2.45, 2.75) is 37.6 Å². The lowest BCUT2D eigenvalue weighted by Crippen LogP contribution is -2.41. The molecule has 3 aliphatic rings. The van der Waals surface area contributed by atoms with E-state index in [0.29, 0.717) is 12.0 Å². The van der Waals surface area contributed by atoms with Crippen LogP contribution in [-0.4, -0.2) is 72.1 Å². The zero-order chi connectivity index (χ0) is 23.5. The lowest BCUT2D eigenvalue weighted by Gasteiger charge is -2.44. The summed E-state index contributed by atoms with van der Waals surface area (Å²) >= 11 is 0. The summed E-state index contributed by atoms with van der Waals surface area (Å²) in [4.78, 5) is 5.18. The molecule has 0 saturated carbocycles. The van der Waals surface area contributed by atoms with Crippen LogP contribution in [0.1, 0.15) is 54.3 Å². The number of benzene rings is 2. The lowest BCUT2D eigenvalue weighted by molar-refractivity contribution is 0.0358. The van der Waals surface area contributed by atoms with Crippen molar-refractivity contribution in [2.75, 3.05) is 52.5 Å². The minimum absolute atomic E-state index is 0.390. The van der Waals surface area contributed by atoms with Gasteiger partial charge in [-0.05, 0) is 72.8 Å². The van der Waals surface area contributed by atoms with Crippen molar-refractivity contribution in [3.63, 3.8) is 0 Å². The molecule has 1 aromatic heterocycles. The van der Waals surface area contributed by atoms with Gasteiger partial charge >= 0.3 is 0 Å². The first-order chi connectivity index (χ1) is 17.3. The predicted octanol–water partition coefficient (Wildman–Crippen LogP) is 4.65. The Morgan fingerprint density at radius 3 is 2.69 bits per heavy atom. The maximum atomic E-state index is 6.25. The van der Waals surface area contributed by atoms with Gasteiger partial charge in [-0.25, -0.2) is 4.68 Å². The van der Waals surface area contributed by atoms with Crippen LogP contribution < -0.4 is 4.74 Å². The second kappa shape index (κ2) is 10.5. The lowest BCUT2D eigenvalue weighted by atomic mass is 9.78. The normalized spacial score (nSPS) is 23.0. The molecule has 0 N–H and O–H groups in total. The van der Waals surface area contributed by atoms with Crippen LogP contribution >= 0.6 is 0 Å². The van der Waals surface area contributed by atoms with E-state index in [2.05, 4.69) is 57.4 Å². The molecular formula is C29H36N4O2. The summed E-state index contributed by atoms with van der Waals surface area (Å²) in [6, 6.07) is 18.3. The number of rotatable bonds is 7. The third kappa shape index (κ3) is 5.01. The summed E-state index contributed by atoms with van der Waals surface area (Å²) in [5, 5.41) is 4.37. The Hall–Kier alpha value is -2.67. The maximum Gasteiger partial charge on any atom is 0.119 e. The smallest absolute Gasteiger partial charge is 0.119 e. The number of piperidine rings is 1. The minimum Gasteiger partial charge on any atom is -0.494 e. The molecular weight excluding hydrogens is 436 g/mol. The van der Waals surface area contributed by atoms with Crippen LogP contribution in [0.3, 0.4) is 0 Å². The van der Waals surface area contributed by atoms with Crippen molar-refractivity contribution >= 4 is 0 Å². The summed E-state index contributed by atoms with van der Waals surface area (Å²) < 4.78 is 13.6. The van der Waals surface area contributed by atoms with Crippen LogP contribution in [0.4, 0.5) is 0 Å². The topological polar surface area (TPSA) is 42.8 Å². The van der Waals surface area contributed by atoms with E-state index in [1.165, 1.54) is 42.5 Å². The van der Waals surface area contributed by atoms with Gasteiger partial charge in [0.2, 0.25) is 0 Å². The summed E-state index contributed by atoms with van der Waals surface area (Å²) in [5.74, 6) is 1.41. The van der Waals surface area contributed by atoms with Gasteiger partial charge in [-0.15, -0.1) is 0 Å². The van der Waals surface area contributed by atoms with Gasteiger partial charge in [0.15, 0.2) is 0 Å². The average Bonchev–Trinajstić information content (AvgIpc) is 3.47. The molecule has 2 aromatic carbocycles. The second-order valence-electron chi connectivity index (χ2n) is 10.0. The van der Waals surface area contributed by atoms with Crippen LogP contribution in [-0.2, 0) is 4.74 Å². The van der Waals surface area contributed by atoms with Gasteiger partial charge in [0.25, 0.3) is 0 Å². The Kier molecular flexibility index (Phi) is 6.85. The molecule has 4 heterocycles. The largest absolute Gasteiger partial charge is 0.494 e. The quantitative estimate of drug-likeness (QED) is 0.469. The fourth-order valence-electron chi connectivity index (χ4n) is 6.01. The van der Waals surface area contributed by atoms with Crippen molar-refractivity contribution in [2.24, 2.45) is 0 Å². The molecule has 3 aliphatic heterocycles. The second-order valence-corrected chi connectivity index (χ2v) is 10.0. The molecule has 1 unspecified atom stereocenters. The highest BCUT2D eigenvalue weighted by molar-refractivity contribution is 5.47. The summed E-state index contributed by atoms with van der Waals surface area (Å²) in [6.07, 6.45) is 8.73. The Balaban J connectivity index is 1.19. The predicted molar refractivity (Wildman–Crippen MR) is 137 cm³/mol. The van der Waals surface area contributed by atoms with E-state index in [1.54, 1.807) is 0 Å². The Labute approximate surface area is 208 Å². The van der Waals surface area contributed by atoms with Crippen LogP contribution in [0, 0.1) is 0 Å². The molecule has 2 fully saturated rings. The zero-order valence-electron chi connectivity index (χ0n) is 20.5. The first-order valence-corrected chi connectivity index (χ1v) is 13.3. The van der Waals surface area contributed by atoms with Gasteiger partial charge in [-0.2, -0.15) is 5.10 Å². The minimum atomic E-state index is 0.390. The number of hydrogen-bond acceptors (Lipinski definition) is 5. The highest BCUT2D eigenvalue weighted by atomic mass is 16.5. The molecule has 0 bridgehead atoms. The SMILES string of the molecule is c1cnn(-c2ccc(C3CN4CCCC[C@H]4c4cc(OCCCN5CCOCC5)ccc43)cc2)c1. The van der Waals surface area contributed by atoms with Crippen molar-refractivity contribution in [3.8, 4) is 11.4 Å². The number of ether oxygens (including phenoxy) is 2. The Bertz CT molecular complexity index is 1090. The fraction of sp³-hybridized carbons (Fsp3) is 0.483. The van der Waals surface area contributed by atoms with Gasteiger partial charge in [0.05, 0.1) is 25.5 Å². The molecule has 0 amide bonds. The Morgan fingerprint density at radius 1 is 0.971 bits per heavy atom. The van der Waals surface area contributed by atoms with Crippen LogP contribution in [0.5, 0.6) is 5.75 Å². The highest BCUT2D eigenvalue weighted by Gasteiger charge is 2.35. The monoisotopic (exact) mass is 472 g/mol. The standard InChI is InChI=1S/C29H36N4O2/c1-2-14-32-22-28(23-6-8-24(9-7-23)33-15-3-12-30-33)26-11-10-25(21-27(26)29(32)5-1)35-18-4-13-31-16-19-34-20-17-31/h3,6-12,15,21,28-29H,1-2,4-5,13-14,16-20,22H2/t28?,29-/m0/s1. The average molecular weight is 473 g/mol. The molecule has 6 nitrogen and oxygen atoms in total. The van der Waals surface area contributed by atoms with E-state index in [9.17, 15) is 0 Å². The third-order valence-corrected chi connectivity index (χ3v) is 7.88. The molecule has 0 spiro atoms. The number of hydrogen-bond donors (Lipinski definition) is 0. The zero-order valence-corrected chi connectivity index (χ0v) is 20.5. The van der Waals surface area contributed by atoms with Crippen molar-refractivity contribution in [3.05, 3.63) is 77.6 Å². The Morgan fingerprint density at radius 2 is 1.86 bits per heavy atom. The highest BCUT2D eigenvalue weighted by Crippen LogP contribution is 2.44. The molecule has 0 radical (unpaired) electrons. The molecule has 184 valence electrons. The van der Waals surface area contributed by atoms with Crippen molar-refractivity contribution in [1.82, 2.24) is 19.6 Å². The van der Waals surface area contributed by atoms with Gasteiger partial charge < -0.3 is 9.47 Å². The van der Waals surface area contributed by atoms with Crippen molar-refractivity contribution in [1.29, 1.82) is 0 Å². The number of nitrogens with zero attached hydrogens (tertiary/aromatic N) is 4. The summed E-state index contributed by atoms with van der Waals surface area (Å²) in [6.45, 7) is 7.94. The molecule has 2 saturated heterocycles. The van der Waals surface area contributed by atoms with E-state index in [1.807, 2.05) is 23.1 Å². The third-order valence-electron chi connectivity index (χ3n) is 7.88. The molecule has 3 aromatic rings. The van der Waals surface area contributed by atoms with Crippen molar-refractivity contribution < 1.29 is 9.47 Å². The molecule has 6 heteroatoms. The summed E-state index contributed by atoms with van der Waals surface area (Å²) in [7, 11) is 0. The van der Waals surface area contributed by atoms with Crippen LogP contribution in [0.15, 0.2) is 60.9 Å². The van der Waals surface area contributed by atoms with Gasteiger partial charge in [0.1, 0.15) is 5.75 Å². The van der Waals surface area contributed by atoms with Gasteiger partial charge in [-0.3, -0.25) is 9.80 Å². The molecule has 6 rings (SSSR count). The van der Waals surface area contributed by atoms with Crippen LogP contribution in [0.25, 0.3) is 5.69 Å². The van der Waals surface area contributed by atoms with E-state index in [0.717, 1.165) is 63.9 Å². The number of aromatic nitrogens is 2. The number of morpholine rings is 1. The molecule has 2 atom stereocenters. The van der Waals surface area contributed by atoms with E-state index in [4.69, 9.17) is 9.47 Å². The van der Waals surface area contributed by atoms with Gasteiger partial charge in [-0.1, -0.05) is 24.6 Å². The van der Waals surface area contributed by atoms with Gasteiger partial charge in [0, 0.05) is 50.5 Å². The fourth-order valence-corrected chi connectivity index (χ4v) is 6.01. The maximum absolute atomic E-state index is 6.25. The molecule has 0 aliphatic carbocycles. The van der Waals surface area contributed by atoms with E-state index in [-0.39, 0.29) is 0 Å². The van der Waals surface area contributed by atoms with Crippen LogP contribution in [0.2, 0.25) is 0 Å². The summed E-state index contributed by atoms with van der Waals surface area (Å²) in [5.41, 5.74) is 5.43. The first kappa shape index (κ1) is 22.8. The molecule has 35 heavy (non-hydrogen) atoms. The first-order valence-electron chi connectivity index (χ1n) is 13.3.